The molecular weight excluding hydrogens is 392 g/mol. The monoisotopic (exact) mass is 418 g/mol. The van der Waals surface area contributed by atoms with Crippen molar-refractivity contribution in [2.75, 3.05) is 0 Å². The minimum absolute atomic E-state index is 0.0218. The van der Waals surface area contributed by atoms with Gasteiger partial charge in [0.25, 0.3) is 0 Å². The zero-order valence-corrected chi connectivity index (χ0v) is 18.1. The topological polar surface area (TPSA) is 79.2 Å². The number of hydrogen-bond donors (Lipinski definition) is 3. The zero-order chi connectivity index (χ0) is 22.5. The first-order valence-corrected chi connectivity index (χ1v) is 10.1. The predicted molar refractivity (Wildman–Crippen MR) is 122 cm³/mol. The van der Waals surface area contributed by atoms with Crippen molar-refractivity contribution < 1.29 is 24.8 Å². The molecule has 0 saturated heterocycles. The second-order valence-electron chi connectivity index (χ2n) is 8.63. The van der Waals surface area contributed by atoms with E-state index >= 15 is 0 Å². The average molecular weight is 418 g/mol. The van der Waals surface area contributed by atoms with Gasteiger partial charge in [-0.3, -0.25) is 0 Å². The lowest BCUT2D eigenvalue weighted by atomic mass is 9.87. The fourth-order valence-electron chi connectivity index (χ4n) is 3.78. The molecule has 2 aliphatic heterocycles. The van der Waals surface area contributed by atoms with Gasteiger partial charge < -0.3 is 24.8 Å². The molecule has 160 valence electrons. The summed E-state index contributed by atoms with van der Waals surface area (Å²) in [6, 6.07) is 5.96. The van der Waals surface area contributed by atoms with Crippen LogP contribution < -0.4 is 9.47 Å². The Kier molecular flexibility index (Phi) is 4.85. The number of hydrogen-bond acceptors (Lipinski definition) is 5. The van der Waals surface area contributed by atoms with E-state index in [-0.39, 0.29) is 17.2 Å². The highest BCUT2D eigenvalue weighted by Gasteiger charge is 2.33. The van der Waals surface area contributed by atoms with Crippen molar-refractivity contribution in [3.63, 3.8) is 0 Å². The minimum atomic E-state index is -0.512. The third-order valence-corrected chi connectivity index (χ3v) is 5.37. The normalized spacial score (nSPS) is 16.2. The van der Waals surface area contributed by atoms with Gasteiger partial charge >= 0.3 is 0 Å². The molecule has 2 aromatic carbocycles. The van der Waals surface area contributed by atoms with E-state index in [1.165, 1.54) is 12.1 Å². The van der Waals surface area contributed by atoms with Crippen molar-refractivity contribution in [1.29, 1.82) is 0 Å². The second kappa shape index (κ2) is 7.27. The number of rotatable bonds is 3. The Balaban J connectivity index is 1.95. The molecule has 0 fully saturated rings. The highest BCUT2D eigenvalue weighted by Crippen LogP contribution is 2.53. The van der Waals surface area contributed by atoms with Crippen LogP contribution in [0.15, 0.2) is 54.1 Å². The maximum atomic E-state index is 10.8. The average Bonchev–Trinajstić information content (AvgIpc) is 2.65. The molecule has 0 spiro atoms. The molecule has 2 heterocycles. The second-order valence-corrected chi connectivity index (χ2v) is 8.63. The van der Waals surface area contributed by atoms with Gasteiger partial charge in [-0.05, 0) is 64.0 Å². The van der Waals surface area contributed by atoms with Crippen molar-refractivity contribution in [3.8, 4) is 28.7 Å². The summed E-state index contributed by atoms with van der Waals surface area (Å²) in [6.45, 7) is 12.1. The Morgan fingerprint density at radius 3 is 2.52 bits per heavy atom. The van der Waals surface area contributed by atoms with Gasteiger partial charge in [-0.15, -0.1) is 0 Å². The molecule has 0 radical (unpaired) electrons. The summed E-state index contributed by atoms with van der Waals surface area (Å²) in [6.07, 6.45) is 6.39. The highest BCUT2D eigenvalue weighted by atomic mass is 16.5. The number of benzene rings is 2. The van der Waals surface area contributed by atoms with Crippen molar-refractivity contribution in [2.45, 2.75) is 39.7 Å². The predicted octanol–water partition coefficient (Wildman–Crippen LogP) is 6.16. The van der Waals surface area contributed by atoms with Crippen molar-refractivity contribution >= 4 is 17.4 Å². The van der Waals surface area contributed by atoms with E-state index in [1.807, 2.05) is 45.9 Å². The van der Waals surface area contributed by atoms with E-state index in [2.05, 4.69) is 6.58 Å². The van der Waals surface area contributed by atoms with Gasteiger partial charge in [0.15, 0.2) is 0 Å². The number of ether oxygens (including phenoxy) is 2. The standard InChI is InChI=1S/C26H26O5/c1-14(2)6-8-17-15(3)23-21(29)13-22-19(10-11-26(4,5)31-22)25(23)30-24(17)18-9-7-16(27)12-20(18)28/h6-7,9-13,27-29H,3,8H2,1-2,4-5H3. The first-order valence-electron chi connectivity index (χ1n) is 10.1. The van der Waals surface area contributed by atoms with Crippen LogP contribution in [0.2, 0.25) is 0 Å². The number of phenols is 3. The summed E-state index contributed by atoms with van der Waals surface area (Å²) in [5, 5.41) is 31.1. The van der Waals surface area contributed by atoms with E-state index in [0.29, 0.717) is 45.9 Å². The van der Waals surface area contributed by atoms with E-state index in [4.69, 9.17) is 9.47 Å². The van der Waals surface area contributed by atoms with E-state index in [9.17, 15) is 15.3 Å². The van der Waals surface area contributed by atoms with Crippen LogP contribution in [0, 0.1) is 0 Å². The van der Waals surface area contributed by atoms with Gasteiger partial charge in [0.2, 0.25) is 0 Å². The molecular formula is C26H26O5. The third-order valence-electron chi connectivity index (χ3n) is 5.37. The van der Waals surface area contributed by atoms with Crippen molar-refractivity contribution in [2.24, 2.45) is 0 Å². The summed E-state index contributed by atoms with van der Waals surface area (Å²) < 4.78 is 12.4. The molecule has 0 bridgehead atoms. The van der Waals surface area contributed by atoms with Gasteiger partial charge in [0.1, 0.15) is 40.1 Å². The molecule has 4 rings (SSSR count). The quantitative estimate of drug-likeness (QED) is 0.520. The van der Waals surface area contributed by atoms with Gasteiger partial charge in [-0.25, -0.2) is 0 Å². The van der Waals surface area contributed by atoms with Gasteiger partial charge in [0, 0.05) is 17.7 Å². The van der Waals surface area contributed by atoms with Crippen LogP contribution in [0.1, 0.15) is 50.8 Å². The van der Waals surface area contributed by atoms with Gasteiger partial charge in [0.05, 0.1) is 16.7 Å². The molecule has 0 saturated carbocycles. The van der Waals surface area contributed by atoms with E-state index in [1.54, 1.807) is 12.1 Å². The van der Waals surface area contributed by atoms with Crippen LogP contribution in [0.3, 0.4) is 0 Å². The van der Waals surface area contributed by atoms with Crippen LogP contribution in [0.25, 0.3) is 17.4 Å². The number of fused-ring (bicyclic) bond motifs is 3. The van der Waals surface area contributed by atoms with Crippen LogP contribution >= 0.6 is 0 Å². The Labute approximate surface area is 181 Å². The molecule has 0 aromatic heterocycles. The smallest absolute Gasteiger partial charge is 0.149 e. The van der Waals surface area contributed by atoms with Crippen LogP contribution in [-0.4, -0.2) is 20.9 Å². The lowest BCUT2D eigenvalue weighted by Crippen LogP contribution is -2.28. The molecule has 0 amide bonds. The van der Waals surface area contributed by atoms with Crippen LogP contribution in [-0.2, 0) is 0 Å². The minimum Gasteiger partial charge on any atom is -0.508 e. The zero-order valence-electron chi connectivity index (χ0n) is 18.1. The SMILES string of the molecule is C=C1C(CC=C(C)C)=C(c2ccc(O)cc2O)Oc2c3c(cc(O)c21)OC(C)(C)C=C3. The lowest BCUT2D eigenvalue weighted by Gasteiger charge is -2.32. The van der Waals surface area contributed by atoms with Crippen LogP contribution in [0.5, 0.6) is 28.7 Å². The van der Waals surface area contributed by atoms with E-state index in [0.717, 1.165) is 11.1 Å². The third kappa shape index (κ3) is 3.67. The number of aromatic hydroxyl groups is 3. The molecule has 3 N–H and O–H groups in total. The lowest BCUT2D eigenvalue weighted by molar-refractivity contribution is 0.158. The van der Waals surface area contributed by atoms with Crippen molar-refractivity contribution in [1.82, 2.24) is 0 Å². The fourth-order valence-corrected chi connectivity index (χ4v) is 3.78. The van der Waals surface area contributed by atoms with Crippen LogP contribution in [0.4, 0.5) is 0 Å². The Hall–Kier alpha value is -3.60. The molecule has 0 aliphatic carbocycles. The van der Waals surface area contributed by atoms with Crippen molar-refractivity contribution in [3.05, 3.63) is 70.8 Å². The highest BCUT2D eigenvalue weighted by molar-refractivity contribution is 5.97. The molecule has 2 aliphatic rings. The summed E-state index contributed by atoms with van der Waals surface area (Å²) in [7, 11) is 0. The first-order chi connectivity index (χ1) is 14.6. The molecule has 2 aromatic rings. The summed E-state index contributed by atoms with van der Waals surface area (Å²) in [5.74, 6) is 1.24. The van der Waals surface area contributed by atoms with Gasteiger partial charge in [-0.1, -0.05) is 18.2 Å². The Morgan fingerprint density at radius 1 is 1.10 bits per heavy atom. The molecule has 0 unspecified atom stereocenters. The summed E-state index contributed by atoms with van der Waals surface area (Å²) in [5.41, 5.74) is 3.59. The Morgan fingerprint density at radius 2 is 1.84 bits per heavy atom. The largest absolute Gasteiger partial charge is 0.508 e. The molecule has 5 heteroatoms. The number of allylic oxidation sites excluding steroid dienone is 4. The fraction of sp³-hybridized carbons (Fsp3) is 0.231. The maximum absolute atomic E-state index is 10.8. The first kappa shape index (κ1) is 20.7. The van der Waals surface area contributed by atoms with Gasteiger partial charge in [-0.2, -0.15) is 0 Å². The molecule has 5 nitrogen and oxygen atoms in total. The van der Waals surface area contributed by atoms with E-state index < -0.39 is 5.60 Å². The number of phenolic OH excluding ortho intramolecular Hbond substituents is 3. The maximum Gasteiger partial charge on any atom is 0.149 e. The Bertz CT molecular complexity index is 1190. The molecule has 31 heavy (non-hydrogen) atoms. The summed E-state index contributed by atoms with van der Waals surface area (Å²) >= 11 is 0. The summed E-state index contributed by atoms with van der Waals surface area (Å²) in [4.78, 5) is 0. The molecule has 0 atom stereocenters.